The fourth-order valence-electron chi connectivity index (χ4n) is 3.16. The molecule has 1 aliphatic rings. The standard InChI is InChI=1S/C18H36N2O/c1-4-5-6-7-8-9-12-18(21)20(16(2)3)15-17-11-10-13-19-14-17/h16-17,19H,4-15H2,1-3H3. The first kappa shape index (κ1) is 18.5. The number of hydrogen-bond acceptors (Lipinski definition) is 2. The van der Waals surface area contributed by atoms with Gasteiger partial charge in [0.15, 0.2) is 0 Å². The Morgan fingerprint density at radius 3 is 2.52 bits per heavy atom. The Hall–Kier alpha value is -0.570. The van der Waals surface area contributed by atoms with Crippen molar-refractivity contribution in [3.63, 3.8) is 0 Å². The average Bonchev–Trinajstić information content (AvgIpc) is 2.49. The van der Waals surface area contributed by atoms with E-state index in [1.807, 2.05) is 0 Å². The summed E-state index contributed by atoms with van der Waals surface area (Å²) in [6, 6.07) is 0.333. The minimum atomic E-state index is 0.333. The third-order valence-corrected chi connectivity index (χ3v) is 4.54. The number of amides is 1. The maximum absolute atomic E-state index is 12.5. The van der Waals surface area contributed by atoms with Crippen LogP contribution in [0.25, 0.3) is 0 Å². The zero-order chi connectivity index (χ0) is 15.5. The van der Waals surface area contributed by atoms with Crippen LogP contribution in [0.1, 0.15) is 78.6 Å². The number of nitrogens with zero attached hydrogens (tertiary/aromatic N) is 1. The topological polar surface area (TPSA) is 32.3 Å². The first-order chi connectivity index (χ1) is 10.1. The van der Waals surface area contributed by atoms with Crippen LogP contribution in [0, 0.1) is 5.92 Å². The molecule has 1 amide bonds. The van der Waals surface area contributed by atoms with Crippen molar-refractivity contribution in [1.29, 1.82) is 0 Å². The summed E-state index contributed by atoms with van der Waals surface area (Å²) in [5.74, 6) is 1.01. The molecule has 0 aromatic rings. The summed E-state index contributed by atoms with van der Waals surface area (Å²) >= 11 is 0. The van der Waals surface area contributed by atoms with E-state index in [1.54, 1.807) is 0 Å². The van der Waals surface area contributed by atoms with E-state index in [1.165, 1.54) is 44.9 Å². The molecule has 3 nitrogen and oxygen atoms in total. The van der Waals surface area contributed by atoms with Gasteiger partial charge in [-0.2, -0.15) is 0 Å². The van der Waals surface area contributed by atoms with Crippen molar-refractivity contribution in [1.82, 2.24) is 10.2 Å². The van der Waals surface area contributed by atoms with E-state index in [0.717, 1.165) is 32.5 Å². The number of rotatable bonds is 10. The molecule has 0 aromatic heterocycles. The van der Waals surface area contributed by atoms with Gasteiger partial charge < -0.3 is 10.2 Å². The van der Waals surface area contributed by atoms with Crippen LogP contribution in [0.2, 0.25) is 0 Å². The first-order valence-electron chi connectivity index (χ1n) is 9.15. The smallest absolute Gasteiger partial charge is 0.222 e. The second kappa shape index (κ2) is 11.1. The molecule has 0 aromatic carbocycles. The summed E-state index contributed by atoms with van der Waals surface area (Å²) in [5, 5.41) is 3.45. The number of carbonyl (C=O) groups excluding carboxylic acids is 1. The summed E-state index contributed by atoms with van der Waals surface area (Å²) in [4.78, 5) is 14.6. The van der Waals surface area contributed by atoms with Crippen LogP contribution in [0.5, 0.6) is 0 Å². The molecule has 0 spiro atoms. The van der Waals surface area contributed by atoms with Gasteiger partial charge in [0.05, 0.1) is 0 Å². The number of unbranched alkanes of at least 4 members (excludes halogenated alkanes) is 5. The van der Waals surface area contributed by atoms with Crippen LogP contribution >= 0.6 is 0 Å². The molecule has 3 heteroatoms. The summed E-state index contributed by atoms with van der Waals surface area (Å²) in [6.07, 6.45) is 10.8. The molecule has 21 heavy (non-hydrogen) atoms. The van der Waals surface area contributed by atoms with Crippen molar-refractivity contribution in [2.75, 3.05) is 19.6 Å². The van der Waals surface area contributed by atoms with E-state index in [9.17, 15) is 4.79 Å². The first-order valence-corrected chi connectivity index (χ1v) is 9.15. The molecule has 0 radical (unpaired) electrons. The van der Waals surface area contributed by atoms with Crippen molar-refractivity contribution in [3.8, 4) is 0 Å². The Morgan fingerprint density at radius 2 is 1.90 bits per heavy atom. The molecule has 1 saturated heterocycles. The average molecular weight is 296 g/mol. The van der Waals surface area contributed by atoms with Crippen LogP contribution in [0.15, 0.2) is 0 Å². The zero-order valence-corrected chi connectivity index (χ0v) is 14.5. The number of hydrogen-bond donors (Lipinski definition) is 1. The van der Waals surface area contributed by atoms with Crippen LogP contribution in [-0.2, 0) is 4.79 Å². The van der Waals surface area contributed by atoms with Gasteiger partial charge in [-0.25, -0.2) is 0 Å². The van der Waals surface area contributed by atoms with Crippen LogP contribution in [0.3, 0.4) is 0 Å². The van der Waals surface area contributed by atoms with E-state index < -0.39 is 0 Å². The molecule has 1 aliphatic heterocycles. The lowest BCUT2D eigenvalue weighted by Crippen LogP contribution is -2.44. The van der Waals surface area contributed by atoms with Gasteiger partial charge in [-0.3, -0.25) is 4.79 Å². The minimum absolute atomic E-state index is 0.333. The Morgan fingerprint density at radius 1 is 1.19 bits per heavy atom. The van der Waals surface area contributed by atoms with E-state index >= 15 is 0 Å². The molecule has 1 atom stereocenters. The van der Waals surface area contributed by atoms with Gasteiger partial charge >= 0.3 is 0 Å². The van der Waals surface area contributed by atoms with Crippen molar-refractivity contribution in [3.05, 3.63) is 0 Å². The van der Waals surface area contributed by atoms with Gasteiger partial charge in [0.25, 0.3) is 0 Å². The van der Waals surface area contributed by atoms with Gasteiger partial charge in [0.1, 0.15) is 0 Å². The quantitative estimate of drug-likeness (QED) is 0.619. The minimum Gasteiger partial charge on any atom is -0.340 e. The third-order valence-electron chi connectivity index (χ3n) is 4.54. The lowest BCUT2D eigenvalue weighted by atomic mass is 9.98. The van der Waals surface area contributed by atoms with Crippen molar-refractivity contribution >= 4 is 5.91 Å². The molecular formula is C18H36N2O. The highest BCUT2D eigenvalue weighted by Crippen LogP contribution is 2.16. The molecule has 0 bridgehead atoms. The fraction of sp³-hybridized carbons (Fsp3) is 0.944. The second-order valence-electron chi connectivity index (χ2n) is 6.87. The van der Waals surface area contributed by atoms with E-state index in [0.29, 0.717) is 17.9 Å². The predicted octanol–water partition coefficient (Wildman–Crippen LogP) is 3.97. The Balaban J connectivity index is 2.25. The van der Waals surface area contributed by atoms with Crippen LogP contribution in [-0.4, -0.2) is 36.5 Å². The van der Waals surface area contributed by atoms with Gasteiger partial charge in [0, 0.05) is 19.0 Å². The van der Waals surface area contributed by atoms with E-state index in [4.69, 9.17) is 0 Å². The third kappa shape index (κ3) is 7.85. The second-order valence-corrected chi connectivity index (χ2v) is 6.87. The SMILES string of the molecule is CCCCCCCCC(=O)N(CC1CCCNC1)C(C)C. The van der Waals surface area contributed by atoms with Crippen molar-refractivity contribution < 1.29 is 4.79 Å². The van der Waals surface area contributed by atoms with Crippen molar-refractivity contribution in [2.24, 2.45) is 5.92 Å². The Bertz CT molecular complexity index is 272. The van der Waals surface area contributed by atoms with Gasteiger partial charge in [-0.15, -0.1) is 0 Å². The molecule has 1 fully saturated rings. The summed E-state index contributed by atoms with van der Waals surface area (Å²) in [5.41, 5.74) is 0. The molecule has 1 heterocycles. The maximum Gasteiger partial charge on any atom is 0.222 e. The molecule has 1 N–H and O–H groups in total. The highest BCUT2D eigenvalue weighted by Gasteiger charge is 2.22. The van der Waals surface area contributed by atoms with Crippen LogP contribution in [0.4, 0.5) is 0 Å². The lowest BCUT2D eigenvalue weighted by molar-refractivity contribution is -0.133. The summed E-state index contributed by atoms with van der Waals surface area (Å²) in [7, 11) is 0. The Labute approximate surface area is 131 Å². The predicted molar refractivity (Wildman–Crippen MR) is 90.4 cm³/mol. The molecule has 0 saturated carbocycles. The summed E-state index contributed by atoms with van der Waals surface area (Å²) < 4.78 is 0. The van der Waals surface area contributed by atoms with Gasteiger partial charge in [0.2, 0.25) is 5.91 Å². The van der Waals surface area contributed by atoms with Gasteiger partial charge in [-0.05, 0) is 52.1 Å². The highest BCUT2D eigenvalue weighted by molar-refractivity contribution is 5.76. The van der Waals surface area contributed by atoms with Gasteiger partial charge in [-0.1, -0.05) is 39.0 Å². The molecule has 124 valence electrons. The van der Waals surface area contributed by atoms with Crippen molar-refractivity contribution in [2.45, 2.75) is 84.6 Å². The monoisotopic (exact) mass is 296 g/mol. The molecule has 1 unspecified atom stereocenters. The Kier molecular flexibility index (Phi) is 9.73. The van der Waals surface area contributed by atoms with E-state index in [2.05, 4.69) is 31.0 Å². The largest absolute Gasteiger partial charge is 0.340 e. The molecule has 0 aliphatic carbocycles. The fourth-order valence-corrected chi connectivity index (χ4v) is 3.16. The van der Waals surface area contributed by atoms with Crippen LogP contribution < -0.4 is 5.32 Å². The number of piperidine rings is 1. The van der Waals surface area contributed by atoms with E-state index in [-0.39, 0.29) is 0 Å². The maximum atomic E-state index is 12.5. The lowest BCUT2D eigenvalue weighted by Gasteiger charge is -2.33. The zero-order valence-electron chi connectivity index (χ0n) is 14.5. The number of nitrogens with one attached hydrogen (secondary N) is 1. The molecule has 1 rings (SSSR count). The normalized spacial score (nSPS) is 19.0. The highest BCUT2D eigenvalue weighted by atomic mass is 16.2. The summed E-state index contributed by atoms with van der Waals surface area (Å²) in [6.45, 7) is 9.70. The number of carbonyl (C=O) groups is 1. The molecular weight excluding hydrogens is 260 g/mol.